The number of anilines is 1. The van der Waals surface area contributed by atoms with Gasteiger partial charge in [-0.1, -0.05) is 47.6 Å². The Kier molecular flexibility index (Phi) is 5.80. The van der Waals surface area contributed by atoms with Crippen LogP contribution in [0.15, 0.2) is 35.8 Å². The van der Waals surface area contributed by atoms with E-state index in [4.69, 9.17) is 5.73 Å². The van der Waals surface area contributed by atoms with Gasteiger partial charge in [-0.05, 0) is 44.1 Å². The van der Waals surface area contributed by atoms with Crippen LogP contribution in [0.25, 0.3) is 15.4 Å². The third-order valence-corrected chi connectivity index (χ3v) is 9.24. The summed E-state index contributed by atoms with van der Waals surface area (Å²) in [4.78, 5) is 39.7. The molecule has 1 saturated heterocycles. The van der Waals surface area contributed by atoms with Crippen LogP contribution in [0, 0.1) is 25.7 Å². The van der Waals surface area contributed by atoms with Crippen molar-refractivity contribution in [3.8, 4) is 10.4 Å². The molecule has 0 bridgehead atoms. The number of nitrogens with one attached hydrogen (secondary N) is 1. The second-order valence-electron chi connectivity index (χ2n) is 9.79. The maximum Gasteiger partial charge on any atom is 0.274 e. The highest BCUT2D eigenvalue weighted by Crippen LogP contribution is 2.43. The van der Waals surface area contributed by atoms with Crippen LogP contribution in [-0.4, -0.2) is 50.2 Å². The Bertz CT molecular complexity index is 1470. The predicted octanol–water partition coefficient (Wildman–Crippen LogP) is 4.39. The van der Waals surface area contributed by atoms with Gasteiger partial charge in [0.05, 0.1) is 16.6 Å². The van der Waals surface area contributed by atoms with Gasteiger partial charge < -0.3 is 16.0 Å². The number of nitrogens with two attached hydrogens (primary N) is 1. The van der Waals surface area contributed by atoms with Crippen LogP contribution in [0.2, 0.25) is 0 Å². The number of aromatic nitrogens is 3. The lowest BCUT2D eigenvalue weighted by Gasteiger charge is -2.28. The van der Waals surface area contributed by atoms with Gasteiger partial charge in [0.2, 0.25) is 0 Å². The molecule has 2 aliphatic rings. The zero-order valence-electron chi connectivity index (χ0n) is 20.2. The van der Waals surface area contributed by atoms with Gasteiger partial charge >= 0.3 is 0 Å². The Morgan fingerprint density at radius 3 is 2.92 bits per heavy atom. The topological polar surface area (TPSA) is 106 Å². The molecule has 4 aromatic rings. The SMILES string of the molecule is Cc1cccc(-c2sc(N)nc2C(=O)N2C[C@@H]3CCC[C@@H]3[C@H]2CNC(=O)c2c(C)nc3sccn23)c1. The zero-order chi connectivity index (χ0) is 25.0. The van der Waals surface area contributed by atoms with Crippen LogP contribution in [0.4, 0.5) is 5.13 Å². The van der Waals surface area contributed by atoms with Crippen LogP contribution in [0.3, 0.4) is 0 Å². The van der Waals surface area contributed by atoms with Crippen molar-refractivity contribution in [1.82, 2.24) is 24.6 Å². The Morgan fingerprint density at radius 1 is 1.22 bits per heavy atom. The summed E-state index contributed by atoms with van der Waals surface area (Å²) in [6.45, 7) is 4.98. The fraction of sp³-hybridized carbons (Fsp3) is 0.385. The van der Waals surface area contributed by atoms with Crippen molar-refractivity contribution in [2.75, 3.05) is 18.8 Å². The van der Waals surface area contributed by atoms with E-state index in [0.717, 1.165) is 40.2 Å². The molecular weight excluding hydrogens is 492 g/mol. The number of nitrogens with zero attached hydrogens (tertiary/aromatic N) is 4. The number of thiazole rings is 2. The fourth-order valence-corrected chi connectivity index (χ4v) is 7.54. The van der Waals surface area contributed by atoms with Crippen molar-refractivity contribution in [1.29, 1.82) is 0 Å². The van der Waals surface area contributed by atoms with Crippen molar-refractivity contribution in [3.63, 3.8) is 0 Å². The number of hydrogen-bond donors (Lipinski definition) is 2. The molecule has 186 valence electrons. The Balaban J connectivity index is 1.27. The molecule has 1 aromatic carbocycles. The summed E-state index contributed by atoms with van der Waals surface area (Å²) in [6.07, 6.45) is 5.21. The van der Waals surface area contributed by atoms with Crippen molar-refractivity contribution < 1.29 is 9.59 Å². The first-order chi connectivity index (χ1) is 17.4. The lowest BCUT2D eigenvalue weighted by molar-refractivity contribution is 0.0696. The van der Waals surface area contributed by atoms with Crippen LogP contribution >= 0.6 is 22.7 Å². The smallest absolute Gasteiger partial charge is 0.274 e. The maximum atomic E-state index is 13.9. The molecule has 0 spiro atoms. The molecule has 0 unspecified atom stereocenters. The van der Waals surface area contributed by atoms with E-state index < -0.39 is 0 Å². The number of amides is 2. The molecule has 3 aromatic heterocycles. The molecule has 2 fully saturated rings. The summed E-state index contributed by atoms with van der Waals surface area (Å²) in [5.74, 6) is 0.564. The minimum absolute atomic E-state index is 0.0755. The quantitative estimate of drug-likeness (QED) is 0.406. The first kappa shape index (κ1) is 23.2. The van der Waals surface area contributed by atoms with Crippen molar-refractivity contribution in [2.24, 2.45) is 11.8 Å². The third-order valence-electron chi connectivity index (χ3n) is 7.55. The normalized spacial score (nSPS) is 21.3. The summed E-state index contributed by atoms with van der Waals surface area (Å²) in [7, 11) is 0. The average molecular weight is 521 g/mol. The van der Waals surface area contributed by atoms with Crippen LogP contribution in [-0.2, 0) is 0 Å². The van der Waals surface area contributed by atoms with Crippen LogP contribution in [0.5, 0.6) is 0 Å². The van der Waals surface area contributed by atoms with Gasteiger partial charge in [0, 0.05) is 24.7 Å². The number of benzene rings is 1. The number of carbonyl (C=O) groups excluding carboxylic acids is 2. The number of hydrogen-bond acceptors (Lipinski definition) is 7. The summed E-state index contributed by atoms with van der Waals surface area (Å²) >= 11 is 2.85. The summed E-state index contributed by atoms with van der Waals surface area (Å²) in [5.41, 5.74) is 9.83. The number of likely N-dealkylation sites (tertiary alicyclic amines) is 1. The Labute approximate surface area is 217 Å². The predicted molar refractivity (Wildman–Crippen MR) is 142 cm³/mol. The second kappa shape index (κ2) is 9.01. The molecule has 8 nitrogen and oxygen atoms in total. The van der Waals surface area contributed by atoms with E-state index in [1.165, 1.54) is 22.7 Å². The number of fused-ring (bicyclic) bond motifs is 2. The summed E-state index contributed by atoms with van der Waals surface area (Å²) < 4.78 is 1.83. The van der Waals surface area contributed by atoms with Gasteiger partial charge in [0.25, 0.3) is 11.8 Å². The highest BCUT2D eigenvalue weighted by Gasteiger charge is 2.47. The van der Waals surface area contributed by atoms with E-state index in [-0.39, 0.29) is 17.9 Å². The van der Waals surface area contributed by atoms with E-state index in [0.29, 0.717) is 47.1 Å². The molecule has 6 rings (SSSR count). The van der Waals surface area contributed by atoms with Gasteiger partial charge in [0.1, 0.15) is 11.4 Å². The van der Waals surface area contributed by atoms with Gasteiger partial charge in [-0.3, -0.25) is 14.0 Å². The third kappa shape index (κ3) is 3.88. The molecule has 1 saturated carbocycles. The number of imidazole rings is 1. The van der Waals surface area contributed by atoms with E-state index in [9.17, 15) is 9.59 Å². The summed E-state index contributed by atoms with van der Waals surface area (Å²) in [5, 5.41) is 5.43. The average Bonchev–Trinajstić information content (AvgIpc) is 3.64. The Hall–Kier alpha value is -3.24. The van der Waals surface area contributed by atoms with E-state index in [1.807, 2.05) is 52.9 Å². The maximum absolute atomic E-state index is 13.9. The van der Waals surface area contributed by atoms with E-state index >= 15 is 0 Å². The van der Waals surface area contributed by atoms with Gasteiger partial charge in [-0.2, -0.15) is 0 Å². The van der Waals surface area contributed by atoms with Gasteiger partial charge in [0.15, 0.2) is 10.1 Å². The largest absolute Gasteiger partial charge is 0.375 e. The number of rotatable bonds is 5. The highest BCUT2D eigenvalue weighted by atomic mass is 32.1. The Morgan fingerprint density at radius 2 is 2.08 bits per heavy atom. The lowest BCUT2D eigenvalue weighted by Crippen LogP contribution is -2.46. The minimum Gasteiger partial charge on any atom is -0.375 e. The van der Waals surface area contributed by atoms with Crippen molar-refractivity contribution >= 4 is 44.6 Å². The van der Waals surface area contributed by atoms with Crippen LogP contribution in [0.1, 0.15) is 51.5 Å². The van der Waals surface area contributed by atoms with Gasteiger partial charge in [-0.25, -0.2) is 9.97 Å². The lowest BCUT2D eigenvalue weighted by atomic mass is 9.94. The van der Waals surface area contributed by atoms with Gasteiger partial charge in [-0.15, -0.1) is 11.3 Å². The van der Waals surface area contributed by atoms with Crippen molar-refractivity contribution in [3.05, 3.63) is 58.5 Å². The molecule has 0 radical (unpaired) electrons. The number of aryl methyl sites for hydroxylation is 2. The molecule has 4 heterocycles. The summed E-state index contributed by atoms with van der Waals surface area (Å²) in [6, 6.07) is 7.98. The molecule has 1 aliphatic carbocycles. The minimum atomic E-state index is -0.161. The highest BCUT2D eigenvalue weighted by molar-refractivity contribution is 7.19. The molecule has 1 aliphatic heterocycles. The van der Waals surface area contributed by atoms with Crippen molar-refractivity contribution in [2.45, 2.75) is 39.2 Å². The molecule has 10 heteroatoms. The molecule has 2 amide bonds. The molecule has 3 atom stereocenters. The number of carbonyl (C=O) groups is 2. The van der Waals surface area contributed by atoms with Crippen LogP contribution < -0.4 is 11.1 Å². The van der Waals surface area contributed by atoms with E-state index in [2.05, 4.69) is 21.4 Å². The standard InChI is InChI=1S/C26H28N6O2S2/c1-14-5-3-6-16(11-14)22-20(30-25(27)36-22)24(34)32-13-17-7-4-8-18(17)19(32)12-28-23(33)21-15(2)29-26-31(21)9-10-35-26/h3,5-6,9-11,17-19H,4,7-8,12-13H2,1-2H3,(H2,27,30)(H,28,33)/t17-,18-,19+/m0/s1. The van der Waals surface area contributed by atoms with E-state index in [1.54, 1.807) is 0 Å². The fourth-order valence-electron chi connectivity index (χ4n) is 5.96. The number of nitrogen functional groups attached to an aromatic ring is 1. The molecular formula is C26H28N6O2S2. The first-order valence-electron chi connectivity index (χ1n) is 12.3. The molecule has 36 heavy (non-hydrogen) atoms. The second-order valence-corrected chi connectivity index (χ2v) is 11.7. The monoisotopic (exact) mass is 520 g/mol. The zero-order valence-corrected chi connectivity index (χ0v) is 21.9. The molecule has 3 N–H and O–H groups in total. The first-order valence-corrected chi connectivity index (χ1v) is 13.9.